The molecule has 0 spiro atoms. The first-order valence-electron chi connectivity index (χ1n) is 6.87. The van der Waals surface area contributed by atoms with Crippen LogP contribution in [0, 0.1) is 0 Å². The number of pyridine rings is 1. The normalized spacial score (nSPS) is 16.8. The SMILES string of the molecule is O=c1cc2c(cn1C1CCOCC1)c(Cl)nc1ccnn12. The largest absolute Gasteiger partial charge is 0.381 e. The van der Waals surface area contributed by atoms with Gasteiger partial charge in [0.2, 0.25) is 0 Å². The Kier molecular flexibility index (Phi) is 2.94. The van der Waals surface area contributed by atoms with Gasteiger partial charge >= 0.3 is 0 Å². The van der Waals surface area contributed by atoms with E-state index in [4.69, 9.17) is 16.3 Å². The zero-order chi connectivity index (χ0) is 14.4. The van der Waals surface area contributed by atoms with Crippen LogP contribution in [0.25, 0.3) is 16.6 Å². The molecule has 0 unspecified atom stereocenters. The van der Waals surface area contributed by atoms with Gasteiger partial charge in [-0.2, -0.15) is 5.10 Å². The highest BCUT2D eigenvalue weighted by atomic mass is 35.5. The molecular formula is C14H13ClN4O2. The highest BCUT2D eigenvalue weighted by Crippen LogP contribution is 2.25. The zero-order valence-electron chi connectivity index (χ0n) is 11.2. The fourth-order valence-corrected chi connectivity index (χ4v) is 3.08. The number of fused-ring (bicyclic) bond motifs is 3. The van der Waals surface area contributed by atoms with E-state index >= 15 is 0 Å². The monoisotopic (exact) mass is 304 g/mol. The van der Waals surface area contributed by atoms with Crippen molar-refractivity contribution in [1.29, 1.82) is 0 Å². The zero-order valence-corrected chi connectivity index (χ0v) is 12.0. The maximum absolute atomic E-state index is 12.4. The molecule has 1 fully saturated rings. The van der Waals surface area contributed by atoms with Crippen LogP contribution in [0.1, 0.15) is 18.9 Å². The fraction of sp³-hybridized carbons (Fsp3) is 0.357. The minimum Gasteiger partial charge on any atom is -0.381 e. The minimum absolute atomic E-state index is 0.0477. The van der Waals surface area contributed by atoms with Crippen molar-refractivity contribution in [3.63, 3.8) is 0 Å². The number of aromatic nitrogens is 4. The molecule has 4 rings (SSSR count). The van der Waals surface area contributed by atoms with E-state index < -0.39 is 0 Å². The smallest absolute Gasteiger partial charge is 0.252 e. The van der Waals surface area contributed by atoms with Crippen LogP contribution in [0.2, 0.25) is 5.15 Å². The van der Waals surface area contributed by atoms with E-state index in [0.717, 1.165) is 18.2 Å². The van der Waals surface area contributed by atoms with E-state index in [1.807, 2.05) is 0 Å². The molecule has 0 bridgehead atoms. The summed E-state index contributed by atoms with van der Waals surface area (Å²) >= 11 is 6.26. The van der Waals surface area contributed by atoms with Crippen LogP contribution in [0.3, 0.4) is 0 Å². The molecule has 4 heterocycles. The molecular weight excluding hydrogens is 292 g/mol. The van der Waals surface area contributed by atoms with Crippen LogP contribution < -0.4 is 5.56 Å². The van der Waals surface area contributed by atoms with E-state index in [1.54, 1.807) is 33.6 Å². The summed E-state index contributed by atoms with van der Waals surface area (Å²) in [6, 6.07) is 3.49. The minimum atomic E-state index is -0.0477. The van der Waals surface area contributed by atoms with E-state index in [0.29, 0.717) is 29.5 Å². The van der Waals surface area contributed by atoms with Gasteiger partial charge in [0.25, 0.3) is 5.56 Å². The van der Waals surface area contributed by atoms with Gasteiger partial charge < -0.3 is 9.30 Å². The molecule has 108 valence electrons. The predicted octanol–water partition coefficient (Wildman–Crippen LogP) is 2.05. The summed E-state index contributed by atoms with van der Waals surface area (Å²) < 4.78 is 8.73. The maximum atomic E-state index is 12.4. The molecule has 1 aliphatic heterocycles. The van der Waals surface area contributed by atoms with E-state index in [9.17, 15) is 4.79 Å². The molecule has 3 aromatic heterocycles. The van der Waals surface area contributed by atoms with Crippen molar-refractivity contribution in [2.24, 2.45) is 0 Å². The molecule has 0 radical (unpaired) electrons. The first kappa shape index (κ1) is 12.8. The third-order valence-corrected chi connectivity index (χ3v) is 4.22. The molecule has 1 saturated heterocycles. The van der Waals surface area contributed by atoms with Gasteiger partial charge in [0.15, 0.2) is 5.65 Å². The summed E-state index contributed by atoms with van der Waals surface area (Å²) in [7, 11) is 0. The lowest BCUT2D eigenvalue weighted by atomic mass is 10.1. The quantitative estimate of drug-likeness (QED) is 0.646. The predicted molar refractivity (Wildman–Crippen MR) is 78.9 cm³/mol. The number of hydrogen-bond donors (Lipinski definition) is 0. The first-order valence-corrected chi connectivity index (χ1v) is 7.25. The topological polar surface area (TPSA) is 61.4 Å². The van der Waals surface area contributed by atoms with Crippen molar-refractivity contribution in [2.75, 3.05) is 13.2 Å². The van der Waals surface area contributed by atoms with Crippen LogP contribution in [0.4, 0.5) is 0 Å². The highest BCUT2D eigenvalue weighted by Gasteiger charge is 2.18. The summed E-state index contributed by atoms with van der Waals surface area (Å²) in [5.41, 5.74) is 1.27. The van der Waals surface area contributed by atoms with Crippen LogP contribution in [0.5, 0.6) is 0 Å². The van der Waals surface area contributed by atoms with Gasteiger partial charge in [-0.25, -0.2) is 9.50 Å². The molecule has 0 aliphatic carbocycles. The fourth-order valence-electron chi connectivity index (χ4n) is 2.85. The molecule has 0 amide bonds. The molecule has 0 atom stereocenters. The Labute approximate surface area is 124 Å². The summed E-state index contributed by atoms with van der Waals surface area (Å²) in [5.74, 6) is 0. The van der Waals surface area contributed by atoms with E-state index in [1.165, 1.54) is 0 Å². The lowest BCUT2D eigenvalue weighted by Gasteiger charge is -2.24. The number of nitrogens with zero attached hydrogens (tertiary/aromatic N) is 4. The first-order chi connectivity index (χ1) is 10.2. The van der Waals surface area contributed by atoms with Gasteiger partial charge in [0, 0.05) is 37.6 Å². The lowest BCUT2D eigenvalue weighted by molar-refractivity contribution is 0.0688. The van der Waals surface area contributed by atoms with Gasteiger partial charge in [0.05, 0.1) is 17.1 Å². The summed E-state index contributed by atoms with van der Waals surface area (Å²) in [5, 5.41) is 5.32. The molecule has 0 saturated carbocycles. The Hall–Kier alpha value is -1.92. The highest BCUT2D eigenvalue weighted by molar-refractivity contribution is 6.34. The number of hydrogen-bond acceptors (Lipinski definition) is 4. The third-order valence-electron chi connectivity index (χ3n) is 3.93. The van der Waals surface area contributed by atoms with Gasteiger partial charge in [-0.05, 0) is 12.8 Å². The Bertz CT molecular complexity index is 880. The van der Waals surface area contributed by atoms with Crippen LogP contribution in [-0.4, -0.2) is 32.4 Å². The van der Waals surface area contributed by atoms with Crippen LogP contribution in [0.15, 0.2) is 29.3 Å². The lowest BCUT2D eigenvalue weighted by Crippen LogP contribution is -2.28. The van der Waals surface area contributed by atoms with Crippen molar-refractivity contribution in [2.45, 2.75) is 18.9 Å². The van der Waals surface area contributed by atoms with Crippen molar-refractivity contribution in [3.8, 4) is 0 Å². The summed E-state index contributed by atoms with van der Waals surface area (Å²) in [6.07, 6.45) is 5.10. The summed E-state index contributed by atoms with van der Waals surface area (Å²) in [6.45, 7) is 1.36. The van der Waals surface area contributed by atoms with Crippen molar-refractivity contribution in [1.82, 2.24) is 19.2 Å². The average Bonchev–Trinajstić information content (AvgIpc) is 2.96. The molecule has 7 heteroatoms. The van der Waals surface area contributed by atoms with E-state index in [2.05, 4.69) is 10.1 Å². The second-order valence-corrected chi connectivity index (χ2v) is 5.52. The Balaban J connectivity index is 1.98. The van der Waals surface area contributed by atoms with E-state index in [-0.39, 0.29) is 11.6 Å². The average molecular weight is 305 g/mol. The van der Waals surface area contributed by atoms with Crippen molar-refractivity contribution in [3.05, 3.63) is 40.0 Å². The maximum Gasteiger partial charge on any atom is 0.252 e. The van der Waals surface area contributed by atoms with Crippen molar-refractivity contribution < 1.29 is 4.74 Å². The standard InChI is InChI=1S/C14H13ClN4O2/c15-14-10-8-18(9-2-5-21-6-3-9)13(20)7-11(10)19-12(17-14)1-4-16-19/h1,4,7-9H,2-3,5-6H2. The van der Waals surface area contributed by atoms with Crippen LogP contribution in [-0.2, 0) is 4.74 Å². The van der Waals surface area contributed by atoms with Gasteiger partial charge in [-0.15, -0.1) is 0 Å². The molecule has 3 aromatic rings. The molecule has 0 aromatic carbocycles. The number of halogens is 1. The molecule has 6 nitrogen and oxygen atoms in total. The van der Waals surface area contributed by atoms with Gasteiger partial charge in [-0.3, -0.25) is 4.79 Å². The molecule has 1 aliphatic rings. The molecule has 21 heavy (non-hydrogen) atoms. The van der Waals surface area contributed by atoms with Gasteiger partial charge in [-0.1, -0.05) is 11.6 Å². The Morgan fingerprint density at radius 2 is 2.14 bits per heavy atom. The van der Waals surface area contributed by atoms with Crippen molar-refractivity contribution >= 4 is 28.2 Å². The van der Waals surface area contributed by atoms with Gasteiger partial charge in [0.1, 0.15) is 5.15 Å². The number of rotatable bonds is 1. The second kappa shape index (κ2) is 4.82. The Morgan fingerprint density at radius 1 is 1.33 bits per heavy atom. The number of ether oxygens (including phenoxy) is 1. The Morgan fingerprint density at radius 3 is 2.95 bits per heavy atom. The van der Waals surface area contributed by atoms with Crippen LogP contribution >= 0.6 is 11.6 Å². The second-order valence-electron chi connectivity index (χ2n) is 5.17. The molecule has 0 N–H and O–H groups in total. The summed E-state index contributed by atoms with van der Waals surface area (Å²) in [4.78, 5) is 16.7. The third kappa shape index (κ3) is 2.02.